The van der Waals surface area contributed by atoms with Gasteiger partial charge < -0.3 is 15.1 Å². The Morgan fingerprint density at radius 3 is 2.63 bits per heavy atom. The van der Waals surface area contributed by atoms with E-state index in [1.165, 1.54) is 5.69 Å². The van der Waals surface area contributed by atoms with E-state index in [1.807, 2.05) is 30.3 Å². The van der Waals surface area contributed by atoms with Gasteiger partial charge in [0.05, 0.1) is 11.9 Å². The first-order valence-corrected chi connectivity index (χ1v) is 9.84. The van der Waals surface area contributed by atoms with E-state index in [0.717, 1.165) is 47.1 Å². The number of carbonyl (C=O) groups is 1. The highest BCUT2D eigenvalue weighted by Crippen LogP contribution is 2.24. The standard InChI is InChI=1S/C20H22BrN5O/c1-25-8-10-26(11-9-25)16-5-2-14(3-6-16)12-19(27)22-20-17-7-4-15(21)13-18(17)23-24-20/h2-7,13H,8-12H2,1H3,(H2,22,23,24,27). The molecule has 1 aliphatic rings. The predicted molar refractivity (Wildman–Crippen MR) is 112 cm³/mol. The number of nitrogens with one attached hydrogen (secondary N) is 2. The van der Waals surface area contributed by atoms with E-state index in [9.17, 15) is 4.79 Å². The smallest absolute Gasteiger partial charge is 0.230 e. The molecule has 3 aromatic rings. The average Bonchev–Trinajstić information content (AvgIpc) is 3.05. The van der Waals surface area contributed by atoms with Crippen molar-refractivity contribution in [3.8, 4) is 0 Å². The number of H-pyrrole nitrogens is 1. The molecular weight excluding hydrogens is 406 g/mol. The van der Waals surface area contributed by atoms with E-state index >= 15 is 0 Å². The normalized spacial score (nSPS) is 15.3. The Labute approximate surface area is 166 Å². The molecule has 1 aliphatic heterocycles. The van der Waals surface area contributed by atoms with Crippen molar-refractivity contribution in [2.24, 2.45) is 0 Å². The van der Waals surface area contributed by atoms with Crippen LogP contribution in [0.3, 0.4) is 0 Å². The lowest BCUT2D eigenvalue weighted by molar-refractivity contribution is -0.115. The Kier molecular flexibility index (Phi) is 5.13. The van der Waals surface area contributed by atoms with Crippen LogP contribution in [0.4, 0.5) is 11.5 Å². The second kappa shape index (κ2) is 7.70. The van der Waals surface area contributed by atoms with Crippen LogP contribution in [0.5, 0.6) is 0 Å². The number of rotatable bonds is 4. The number of aromatic amines is 1. The molecule has 0 unspecified atom stereocenters. The van der Waals surface area contributed by atoms with Gasteiger partial charge in [-0.15, -0.1) is 0 Å². The summed E-state index contributed by atoms with van der Waals surface area (Å²) in [6.07, 6.45) is 0.327. The minimum Gasteiger partial charge on any atom is -0.369 e. The Hall–Kier alpha value is -2.38. The first-order chi connectivity index (χ1) is 13.1. The molecule has 140 valence electrons. The van der Waals surface area contributed by atoms with Gasteiger partial charge in [-0.25, -0.2) is 0 Å². The number of anilines is 2. The molecule has 0 atom stereocenters. The fourth-order valence-corrected chi connectivity index (χ4v) is 3.70. The van der Waals surface area contributed by atoms with Crippen LogP contribution in [0.15, 0.2) is 46.9 Å². The minimum absolute atomic E-state index is 0.0707. The molecule has 2 aromatic carbocycles. The van der Waals surface area contributed by atoms with E-state index < -0.39 is 0 Å². The Morgan fingerprint density at radius 1 is 1.15 bits per heavy atom. The van der Waals surface area contributed by atoms with Crippen molar-refractivity contribution in [3.05, 3.63) is 52.5 Å². The predicted octanol–water partition coefficient (Wildman–Crippen LogP) is 3.26. The van der Waals surface area contributed by atoms with Crippen molar-refractivity contribution in [2.45, 2.75) is 6.42 Å². The zero-order valence-corrected chi connectivity index (χ0v) is 16.8. The number of halogens is 1. The largest absolute Gasteiger partial charge is 0.369 e. The van der Waals surface area contributed by atoms with Crippen molar-refractivity contribution >= 4 is 44.2 Å². The molecule has 0 saturated carbocycles. The lowest BCUT2D eigenvalue weighted by atomic mass is 10.1. The van der Waals surface area contributed by atoms with E-state index in [4.69, 9.17) is 0 Å². The maximum absolute atomic E-state index is 12.4. The fourth-order valence-electron chi connectivity index (χ4n) is 3.34. The molecule has 0 aliphatic carbocycles. The first kappa shape index (κ1) is 18.0. The van der Waals surface area contributed by atoms with Gasteiger partial charge in [-0.3, -0.25) is 9.89 Å². The van der Waals surface area contributed by atoms with Crippen molar-refractivity contribution in [3.63, 3.8) is 0 Å². The highest BCUT2D eigenvalue weighted by Gasteiger charge is 2.15. The van der Waals surface area contributed by atoms with Crippen LogP contribution < -0.4 is 10.2 Å². The third-order valence-corrected chi connectivity index (χ3v) is 5.45. The van der Waals surface area contributed by atoms with E-state index in [1.54, 1.807) is 0 Å². The van der Waals surface area contributed by atoms with Crippen molar-refractivity contribution in [2.75, 3.05) is 43.4 Å². The van der Waals surface area contributed by atoms with Crippen molar-refractivity contribution in [1.82, 2.24) is 15.1 Å². The minimum atomic E-state index is -0.0707. The number of likely N-dealkylation sites (N-methyl/N-ethyl adjacent to an activating group) is 1. The Morgan fingerprint density at radius 2 is 1.89 bits per heavy atom. The summed E-state index contributed by atoms with van der Waals surface area (Å²) in [5.74, 6) is 0.496. The molecule has 2 N–H and O–H groups in total. The molecule has 0 spiro atoms. The van der Waals surface area contributed by atoms with Crippen molar-refractivity contribution in [1.29, 1.82) is 0 Å². The summed E-state index contributed by atoms with van der Waals surface area (Å²) < 4.78 is 0.969. The van der Waals surface area contributed by atoms with Gasteiger partial charge in [-0.1, -0.05) is 28.1 Å². The second-order valence-electron chi connectivity index (χ2n) is 6.94. The van der Waals surface area contributed by atoms with Gasteiger partial charge in [-0.05, 0) is 42.9 Å². The van der Waals surface area contributed by atoms with Crippen LogP contribution in [-0.4, -0.2) is 54.2 Å². The number of nitrogens with zero attached hydrogens (tertiary/aromatic N) is 3. The molecule has 6 nitrogen and oxygen atoms in total. The molecule has 7 heteroatoms. The van der Waals surface area contributed by atoms with Crippen LogP contribution >= 0.6 is 15.9 Å². The molecule has 1 aromatic heterocycles. The molecule has 0 bridgehead atoms. The summed E-state index contributed by atoms with van der Waals surface area (Å²) in [6.45, 7) is 4.24. The Balaban J connectivity index is 1.39. The van der Waals surface area contributed by atoms with Crippen LogP contribution in [0.2, 0.25) is 0 Å². The molecule has 0 radical (unpaired) electrons. The quantitative estimate of drug-likeness (QED) is 0.670. The summed E-state index contributed by atoms with van der Waals surface area (Å²) in [7, 11) is 2.15. The topological polar surface area (TPSA) is 64.3 Å². The number of benzene rings is 2. The number of fused-ring (bicyclic) bond motifs is 1. The SMILES string of the molecule is CN1CCN(c2ccc(CC(=O)Nc3n[nH]c4cc(Br)ccc34)cc2)CC1. The van der Waals surface area contributed by atoms with Gasteiger partial charge in [0.2, 0.25) is 5.91 Å². The number of hydrogen-bond donors (Lipinski definition) is 2. The van der Waals surface area contributed by atoms with E-state index in [2.05, 4.69) is 60.4 Å². The van der Waals surface area contributed by atoms with Crippen LogP contribution in [0.25, 0.3) is 10.9 Å². The maximum Gasteiger partial charge on any atom is 0.230 e. The first-order valence-electron chi connectivity index (χ1n) is 9.04. The highest BCUT2D eigenvalue weighted by atomic mass is 79.9. The summed E-state index contributed by atoms with van der Waals surface area (Å²) >= 11 is 3.43. The third-order valence-electron chi connectivity index (χ3n) is 4.95. The molecule has 1 saturated heterocycles. The summed E-state index contributed by atoms with van der Waals surface area (Å²) in [4.78, 5) is 17.1. The van der Waals surface area contributed by atoms with Gasteiger partial charge in [-0.2, -0.15) is 5.10 Å². The van der Waals surface area contributed by atoms with Gasteiger partial charge >= 0.3 is 0 Å². The second-order valence-corrected chi connectivity index (χ2v) is 7.86. The number of amides is 1. The fraction of sp³-hybridized carbons (Fsp3) is 0.300. The highest BCUT2D eigenvalue weighted by molar-refractivity contribution is 9.10. The lowest BCUT2D eigenvalue weighted by Gasteiger charge is -2.34. The summed E-state index contributed by atoms with van der Waals surface area (Å²) in [5, 5.41) is 11.0. The molecule has 1 amide bonds. The monoisotopic (exact) mass is 427 g/mol. The molecular formula is C20H22BrN5O. The van der Waals surface area contributed by atoms with Gasteiger partial charge in [0.25, 0.3) is 0 Å². The molecule has 2 heterocycles. The lowest BCUT2D eigenvalue weighted by Crippen LogP contribution is -2.44. The van der Waals surface area contributed by atoms with Gasteiger partial charge in [0.15, 0.2) is 5.82 Å². The molecule has 27 heavy (non-hydrogen) atoms. The number of piperazine rings is 1. The summed E-state index contributed by atoms with van der Waals surface area (Å²) in [5.41, 5.74) is 3.10. The number of aromatic nitrogens is 2. The maximum atomic E-state index is 12.4. The zero-order chi connectivity index (χ0) is 18.8. The number of hydrogen-bond acceptors (Lipinski definition) is 4. The summed E-state index contributed by atoms with van der Waals surface area (Å²) in [6, 6.07) is 14.1. The van der Waals surface area contributed by atoms with E-state index in [0.29, 0.717) is 12.2 Å². The van der Waals surface area contributed by atoms with Crippen molar-refractivity contribution < 1.29 is 4.79 Å². The zero-order valence-electron chi connectivity index (χ0n) is 15.2. The number of carbonyl (C=O) groups excluding carboxylic acids is 1. The molecule has 1 fully saturated rings. The molecule has 4 rings (SSSR count). The average molecular weight is 428 g/mol. The van der Waals surface area contributed by atoms with Crippen LogP contribution in [0, 0.1) is 0 Å². The third kappa shape index (κ3) is 4.14. The van der Waals surface area contributed by atoms with Gasteiger partial charge in [0, 0.05) is 41.7 Å². The van der Waals surface area contributed by atoms with E-state index in [-0.39, 0.29) is 5.91 Å². The van der Waals surface area contributed by atoms with Crippen LogP contribution in [0.1, 0.15) is 5.56 Å². The Bertz CT molecular complexity index is 945. The van der Waals surface area contributed by atoms with Crippen LogP contribution in [-0.2, 0) is 11.2 Å². The van der Waals surface area contributed by atoms with Gasteiger partial charge in [0.1, 0.15) is 0 Å².